The van der Waals surface area contributed by atoms with Crippen LogP contribution >= 0.6 is 0 Å². The van der Waals surface area contributed by atoms with Gasteiger partial charge in [0.25, 0.3) is 5.91 Å². The lowest BCUT2D eigenvalue weighted by molar-refractivity contribution is 0.0729. The van der Waals surface area contributed by atoms with Gasteiger partial charge in [0.2, 0.25) is 10.0 Å². The van der Waals surface area contributed by atoms with E-state index in [0.717, 1.165) is 29.8 Å². The van der Waals surface area contributed by atoms with Crippen LogP contribution in [0.15, 0.2) is 47.4 Å². The fourth-order valence-electron chi connectivity index (χ4n) is 3.77. The van der Waals surface area contributed by atoms with Crippen molar-refractivity contribution in [3.63, 3.8) is 0 Å². The number of para-hydroxylation sites is 1. The number of fused-ring (bicyclic) bond motifs is 1. The molecule has 148 valence electrons. The van der Waals surface area contributed by atoms with E-state index in [-0.39, 0.29) is 43.8 Å². The molecule has 6 nitrogen and oxygen atoms in total. The highest BCUT2D eigenvalue weighted by atomic mass is 32.2. The van der Waals surface area contributed by atoms with E-state index in [9.17, 15) is 17.6 Å². The molecule has 0 bridgehead atoms. The van der Waals surface area contributed by atoms with Gasteiger partial charge >= 0.3 is 0 Å². The SMILES string of the molecule is C[C@H]1Cc2ccccc2N1C(=O)c1ccc(F)c(S(=O)(=O)N2CCOCC2)c1. The molecule has 4 rings (SSSR count). The number of amides is 1. The predicted molar refractivity (Wildman–Crippen MR) is 102 cm³/mol. The number of ether oxygens (including phenoxy) is 1. The number of halogens is 1. The van der Waals surface area contributed by atoms with Gasteiger partial charge in [-0.05, 0) is 43.2 Å². The van der Waals surface area contributed by atoms with Gasteiger partial charge in [-0.15, -0.1) is 0 Å². The Kier molecular flexibility index (Phi) is 4.95. The summed E-state index contributed by atoms with van der Waals surface area (Å²) in [5.41, 5.74) is 2.02. The van der Waals surface area contributed by atoms with Crippen molar-refractivity contribution < 1.29 is 22.3 Å². The maximum atomic E-state index is 14.4. The van der Waals surface area contributed by atoms with Crippen molar-refractivity contribution in [2.45, 2.75) is 24.3 Å². The van der Waals surface area contributed by atoms with Crippen molar-refractivity contribution in [1.82, 2.24) is 4.31 Å². The molecule has 0 aromatic heterocycles. The standard InChI is InChI=1S/C20H21FN2O4S/c1-14-12-15-4-2-3-5-18(15)23(14)20(24)16-6-7-17(21)19(13-16)28(25,26)22-8-10-27-11-9-22/h2-7,13-14H,8-12H2,1H3/t14-/m0/s1. The summed E-state index contributed by atoms with van der Waals surface area (Å²) < 4.78 is 46.5. The molecule has 2 heterocycles. The van der Waals surface area contributed by atoms with E-state index < -0.39 is 20.7 Å². The van der Waals surface area contributed by atoms with Crippen LogP contribution in [0.1, 0.15) is 22.8 Å². The van der Waals surface area contributed by atoms with E-state index in [1.807, 2.05) is 31.2 Å². The first kappa shape index (κ1) is 19.0. The third-order valence-corrected chi connectivity index (χ3v) is 7.11. The minimum atomic E-state index is -4.04. The monoisotopic (exact) mass is 404 g/mol. The first-order valence-corrected chi connectivity index (χ1v) is 10.6. The number of sulfonamides is 1. The Balaban J connectivity index is 1.70. The summed E-state index contributed by atoms with van der Waals surface area (Å²) in [4.78, 5) is 14.3. The molecule has 0 radical (unpaired) electrons. The molecule has 1 saturated heterocycles. The Morgan fingerprint density at radius 1 is 1.14 bits per heavy atom. The number of rotatable bonds is 3. The molecule has 2 aromatic carbocycles. The van der Waals surface area contributed by atoms with Crippen molar-refractivity contribution in [3.8, 4) is 0 Å². The molecule has 0 N–H and O–H groups in total. The van der Waals surface area contributed by atoms with Crippen LogP contribution in [0.2, 0.25) is 0 Å². The van der Waals surface area contributed by atoms with Crippen LogP contribution in [-0.2, 0) is 21.2 Å². The average molecular weight is 404 g/mol. The summed E-state index contributed by atoms with van der Waals surface area (Å²) in [6, 6.07) is 11.1. The smallest absolute Gasteiger partial charge is 0.258 e. The Hall–Kier alpha value is -2.29. The van der Waals surface area contributed by atoms with E-state index in [1.165, 1.54) is 10.4 Å². The van der Waals surface area contributed by atoms with Gasteiger partial charge < -0.3 is 9.64 Å². The molecule has 8 heteroatoms. The summed E-state index contributed by atoms with van der Waals surface area (Å²) in [6.45, 7) is 2.79. The molecule has 0 spiro atoms. The lowest BCUT2D eigenvalue weighted by atomic mass is 10.1. The Morgan fingerprint density at radius 3 is 2.61 bits per heavy atom. The highest BCUT2D eigenvalue weighted by Crippen LogP contribution is 2.33. The van der Waals surface area contributed by atoms with Crippen LogP contribution in [-0.4, -0.2) is 51.0 Å². The number of carbonyl (C=O) groups excluding carboxylic acids is 1. The third kappa shape index (κ3) is 3.21. The molecule has 1 fully saturated rings. The summed E-state index contributed by atoms with van der Waals surface area (Å²) in [5, 5.41) is 0. The molecular formula is C20H21FN2O4S. The van der Waals surface area contributed by atoms with E-state index in [4.69, 9.17) is 4.74 Å². The minimum Gasteiger partial charge on any atom is -0.379 e. The molecule has 2 aliphatic rings. The van der Waals surface area contributed by atoms with Crippen molar-refractivity contribution in [1.29, 1.82) is 0 Å². The van der Waals surface area contributed by atoms with Crippen molar-refractivity contribution >= 4 is 21.6 Å². The zero-order valence-electron chi connectivity index (χ0n) is 15.5. The van der Waals surface area contributed by atoms with Crippen molar-refractivity contribution in [2.75, 3.05) is 31.2 Å². The van der Waals surface area contributed by atoms with Gasteiger partial charge in [-0.1, -0.05) is 18.2 Å². The van der Waals surface area contributed by atoms with Crippen LogP contribution in [0.4, 0.5) is 10.1 Å². The van der Waals surface area contributed by atoms with Crippen molar-refractivity contribution in [2.24, 2.45) is 0 Å². The summed E-state index contributed by atoms with van der Waals surface area (Å²) >= 11 is 0. The highest BCUT2D eigenvalue weighted by molar-refractivity contribution is 7.89. The van der Waals surface area contributed by atoms with Gasteiger partial charge in [0.15, 0.2) is 0 Å². The minimum absolute atomic E-state index is 0.0609. The van der Waals surface area contributed by atoms with Crippen LogP contribution in [0.25, 0.3) is 0 Å². The summed E-state index contributed by atoms with van der Waals surface area (Å²) in [6.07, 6.45) is 0.724. The Morgan fingerprint density at radius 2 is 1.86 bits per heavy atom. The normalized spacial score (nSPS) is 20.2. The quantitative estimate of drug-likeness (QED) is 0.788. The summed E-state index contributed by atoms with van der Waals surface area (Å²) in [7, 11) is -4.04. The van der Waals surface area contributed by atoms with E-state index in [1.54, 1.807) is 4.90 Å². The molecule has 1 atom stereocenters. The van der Waals surface area contributed by atoms with Crippen molar-refractivity contribution in [3.05, 3.63) is 59.4 Å². The number of anilines is 1. The molecule has 28 heavy (non-hydrogen) atoms. The zero-order chi connectivity index (χ0) is 19.9. The average Bonchev–Trinajstić information content (AvgIpc) is 3.04. The fourth-order valence-corrected chi connectivity index (χ4v) is 5.27. The molecule has 0 saturated carbocycles. The van der Waals surface area contributed by atoms with Gasteiger partial charge in [-0.3, -0.25) is 4.79 Å². The number of benzene rings is 2. The van der Waals surface area contributed by atoms with E-state index in [0.29, 0.717) is 0 Å². The Labute approximate surface area is 163 Å². The molecule has 1 amide bonds. The highest BCUT2D eigenvalue weighted by Gasteiger charge is 2.34. The second-order valence-corrected chi connectivity index (χ2v) is 8.93. The molecular weight excluding hydrogens is 383 g/mol. The first-order chi connectivity index (χ1) is 13.4. The summed E-state index contributed by atoms with van der Waals surface area (Å²) in [5.74, 6) is -1.20. The molecule has 2 aliphatic heterocycles. The van der Waals surface area contributed by atoms with E-state index >= 15 is 0 Å². The second kappa shape index (κ2) is 7.27. The first-order valence-electron chi connectivity index (χ1n) is 9.18. The van der Waals surface area contributed by atoms with Crippen LogP contribution in [0.5, 0.6) is 0 Å². The third-order valence-electron chi connectivity index (χ3n) is 5.19. The fraction of sp³-hybridized carbons (Fsp3) is 0.350. The molecule has 0 unspecified atom stereocenters. The van der Waals surface area contributed by atoms with Gasteiger partial charge in [-0.2, -0.15) is 4.31 Å². The zero-order valence-corrected chi connectivity index (χ0v) is 16.3. The molecule has 2 aromatic rings. The van der Waals surface area contributed by atoms with E-state index in [2.05, 4.69) is 0 Å². The number of nitrogens with zero attached hydrogens (tertiary/aromatic N) is 2. The number of carbonyl (C=O) groups is 1. The number of morpholine rings is 1. The van der Waals surface area contributed by atoms with Crippen LogP contribution < -0.4 is 4.90 Å². The maximum Gasteiger partial charge on any atom is 0.258 e. The topological polar surface area (TPSA) is 66.9 Å². The van der Waals surface area contributed by atoms with Gasteiger partial charge in [0.1, 0.15) is 10.7 Å². The lowest BCUT2D eigenvalue weighted by Gasteiger charge is -2.27. The van der Waals surface area contributed by atoms with Gasteiger partial charge in [-0.25, -0.2) is 12.8 Å². The largest absolute Gasteiger partial charge is 0.379 e. The maximum absolute atomic E-state index is 14.4. The predicted octanol–water partition coefficient (Wildman–Crippen LogP) is 2.44. The van der Waals surface area contributed by atoms with Gasteiger partial charge in [0, 0.05) is 30.4 Å². The van der Waals surface area contributed by atoms with Gasteiger partial charge in [0.05, 0.1) is 13.2 Å². The van der Waals surface area contributed by atoms with Crippen LogP contribution in [0.3, 0.4) is 0 Å². The van der Waals surface area contributed by atoms with Crippen LogP contribution in [0, 0.1) is 5.82 Å². The number of hydrogen-bond acceptors (Lipinski definition) is 4. The lowest BCUT2D eigenvalue weighted by Crippen LogP contribution is -2.41. The Bertz CT molecular complexity index is 1020. The second-order valence-electron chi connectivity index (χ2n) is 7.02. The number of hydrogen-bond donors (Lipinski definition) is 0. The molecule has 0 aliphatic carbocycles.